The van der Waals surface area contributed by atoms with Gasteiger partial charge in [0, 0.05) is 15.8 Å². The SMILES string of the molecule is [O-][Cl+3]([O-])([O-])OS1=Cc2cc(Cl)ccc2C=C1. The molecule has 0 radical (unpaired) electrons. The molecule has 0 aromatic heterocycles. The van der Waals surface area contributed by atoms with Gasteiger partial charge in [0.2, 0.25) is 0 Å². The fourth-order valence-corrected chi connectivity index (χ4v) is 3.25. The molecule has 1 aromatic carbocycles. The first kappa shape index (κ1) is 12.1. The molecule has 0 N–H and O–H groups in total. The Morgan fingerprint density at radius 1 is 1.19 bits per heavy atom. The normalized spacial score (nSPS) is 19.1. The molecule has 86 valence electrons. The van der Waals surface area contributed by atoms with Gasteiger partial charge in [0.05, 0.1) is 10.2 Å². The quantitative estimate of drug-likeness (QED) is 0.689. The molecule has 0 amide bonds. The third-order valence-corrected chi connectivity index (χ3v) is 4.15. The van der Waals surface area contributed by atoms with E-state index in [0.717, 1.165) is 11.1 Å². The number of benzene rings is 1. The zero-order chi connectivity index (χ0) is 11.8. The van der Waals surface area contributed by atoms with E-state index in [0.29, 0.717) is 5.02 Å². The summed E-state index contributed by atoms with van der Waals surface area (Å²) < 4.78 is 35.5. The molecule has 1 aromatic rings. The summed E-state index contributed by atoms with van der Waals surface area (Å²) in [4.78, 5) is 0. The Kier molecular flexibility index (Phi) is 3.37. The van der Waals surface area contributed by atoms with Crippen molar-refractivity contribution in [2.75, 3.05) is 0 Å². The van der Waals surface area contributed by atoms with Crippen LogP contribution in [0.15, 0.2) is 23.6 Å². The highest BCUT2D eigenvalue weighted by molar-refractivity contribution is 8.13. The molecule has 1 aliphatic rings. The third-order valence-electron chi connectivity index (χ3n) is 1.82. The van der Waals surface area contributed by atoms with Gasteiger partial charge in [-0.2, -0.15) is 14.0 Å². The standard InChI is InChI=1S/C9H6Cl2O4S/c10-9-2-1-7-3-4-16(6-8(7)5-9)15-11(12,13)14/h1-6H. The number of halogens is 2. The van der Waals surface area contributed by atoms with E-state index in [1.165, 1.54) is 5.41 Å². The number of fused-ring (bicyclic) bond motifs is 1. The van der Waals surface area contributed by atoms with Crippen LogP contribution in [-0.4, -0.2) is 5.37 Å². The summed E-state index contributed by atoms with van der Waals surface area (Å²) in [6.45, 7) is 0. The van der Waals surface area contributed by atoms with Crippen LogP contribution in [0.25, 0.3) is 6.08 Å². The van der Waals surface area contributed by atoms with Crippen LogP contribution < -0.4 is 14.0 Å². The maximum atomic E-state index is 10.4. The van der Waals surface area contributed by atoms with Crippen LogP contribution in [0, 0.1) is 10.2 Å². The molecule has 16 heavy (non-hydrogen) atoms. The van der Waals surface area contributed by atoms with E-state index in [2.05, 4.69) is 3.74 Å². The highest BCUT2D eigenvalue weighted by Gasteiger charge is 2.21. The monoisotopic (exact) mass is 280 g/mol. The highest BCUT2D eigenvalue weighted by Crippen LogP contribution is 2.29. The Hall–Kier alpha value is -0.400. The van der Waals surface area contributed by atoms with Crippen LogP contribution in [0.4, 0.5) is 0 Å². The van der Waals surface area contributed by atoms with E-state index in [4.69, 9.17) is 11.6 Å². The predicted octanol–water partition coefficient (Wildman–Crippen LogP) is -0.428. The van der Waals surface area contributed by atoms with Crippen molar-refractivity contribution >= 4 is 33.8 Å². The molecule has 4 nitrogen and oxygen atoms in total. The summed E-state index contributed by atoms with van der Waals surface area (Å²) >= 11 is 5.79. The second kappa shape index (κ2) is 4.46. The van der Waals surface area contributed by atoms with Crippen molar-refractivity contribution in [2.24, 2.45) is 0 Å². The van der Waals surface area contributed by atoms with Crippen molar-refractivity contribution in [1.29, 1.82) is 0 Å². The minimum Gasteiger partial charge on any atom is -0.182 e. The van der Waals surface area contributed by atoms with Gasteiger partial charge in [-0.3, -0.25) is 0 Å². The van der Waals surface area contributed by atoms with Crippen molar-refractivity contribution < 1.29 is 28.0 Å². The Balaban J connectivity index is 2.31. The lowest BCUT2D eigenvalue weighted by Gasteiger charge is -2.14. The zero-order valence-corrected chi connectivity index (χ0v) is 10.1. The average molecular weight is 281 g/mol. The van der Waals surface area contributed by atoms with Crippen LogP contribution >= 0.6 is 22.4 Å². The number of rotatable bonds is 2. The minimum atomic E-state index is -4.42. The van der Waals surface area contributed by atoms with Gasteiger partial charge < -0.3 is 0 Å². The second-order valence-corrected chi connectivity index (χ2v) is 5.82. The molecule has 0 aliphatic carbocycles. The molecular weight excluding hydrogens is 275 g/mol. The third kappa shape index (κ3) is 3.05. The van der Waals surface area contributed by atoms with Gasteiger partial charge in [-0.05, 0) is 29.3 Å². The van der Waals surface area contributed by atoms with Crippen molar-refractivity contribution in [2.45, 2.75) is 0 Å². The van der Waals surface area contributed by atoms with E-state index in [-0.39, 0.29) is 0 Å². The number of hydrogen-bond donors (Lipinski definition) is 0. The maximum absolute atomic E-state index is 10.4. The smallest absolute Gasteiger partial charge is 0.140 e. The molecule has 1 heterocycles. The van der Waals surface area contributed by atoms with Gasteiger partial charge in [0.15, 0.2) is 0 Å². The van der Waals surface area contributed by atoms with Crippen molar-refractivity contribution in [3.63, 3.8) is 0 Å². The lowest BCUT2D eigenvalue weighted by Crippen LogP contribution is -2.60. The van der Waals surface area contributed by atoms with Crippen molar-refractivity contribution in [3.05, 3.63) is 39.8 Å². The van der Waals surface area contributed by atoms with E-state index in [9.17, 15) is 14.0 Å². The van der Waals surface area contributed by atoms with Gasteiger partial charge >= 0.3 is 0 Å². The van der Waals surface area contributed by atoms with Crippen molar-refractivity contribution in [3.8, 4) is 0 Å². The Morgan fingerprint density at radius 3 is 2.62 bits per heavy atom. The minimum absolute atomic E-state index is 0.538. The summed E-state index contributed by atoms with van der Waals surface area (Å²) in [5, 5.41) is 3.60. The molecule has 0 fully saturated rings. The first-order valence-corrected chi connectivity index (χ1v) is 6.98. The highest BCUT2D eigenvalue weighted by atomic mass is 35.7. The van der Waals surface area contributed by atoms with Gasteiger partial charge in [0.25, 0.3) is 0 Å². The van der Waals surface area contributed by atoms with Crippen molar-refractivity contribution in [1.82, 2.24) is 0 Å². The molecule has 1 atom stereocenters. The summed E-state index contributed by atoms with van der Waals surface area (Å²) in [6.07, 6.45) is 1.69. The zero-order valence-electron chi connectivity index (χ0n) is 7.76. The van der Waals surface area contributed by atoms with Gasteiger partial charge in [-0.25, -0.2) is 0 Å². The van der Waals surface area contributed by atoms with Crippen LogP contribution in [-0.2, 0) is 3.74 Å². The Labute approximate surface area is 102 Å². The Bertz CT molecular complexity index is 479. The van der Waals surface area contributed by atoms with Crippen LogP contribution in [0.1, 0.15) is 11.1 Å². The molecule has 0 spiro atoms. The lowest BCUT2D eigenvalue weighted by molar-refractivity contribution is -1.91. The summed E-state index contributed by atoms with van der Waals surface area (Å²) in [5.74, 6) is 0. The molecule has 0 bridgehead atoms. The predicted molar refractivity (Wildman–Crippen MR) is 54.3 cm³/mol. The van der Waals surface area contributed by atoms with E-state index in [1.807, 2.05) is 0 Å². The molecule has 0 saturated carbocycles. The van der Waals surface area contributed by atoms with Crippen LogP contribution in [0.3, 0.4) is 0 Å². The van der Waals surface area contributed by atoms with Gasteiger partial charge in [-0.15, -0.1) is 0 Å². The first-order valence-electron chi connectivity index (χ1n) is 4.09. The summed E-state index contributed by atoms with van der Waals surface area (Å²) in [5.41, 5.74) is 1.65. The van der Waals surface area contributed by atoms with Crippen LogP contribution in [0.5, 0.6) is 0 Å². The van der Waals surface area contributed by atoms with E-state index < -0.39 is 21.0 Å². The largest absolute Gasteiger partial charge is 0.182 e. The molecular formula is C9H6Cl2O4S. The average Bonchev–Trinajstić information content (AvgIpc) is 2.14. The summed E-state index contributed by atoms with van der Waals surface area (Å²) in [6, 6.07) is 5.21. The topological polar surface area (TPSA) is 78.4 Å². The molecule has 1 aliphatic heterocycles. The van der Waals surface area contributed by atoms with E-state index >= 15 is 0 Å². The molecule has 1 unspecified atom stereocenters. The molecule has 2 rings (SSSR count). The summed E-state index contributed by atoms with van der Waals surface area (Å²) in [7, 11) is -5.58. The molecule has 7 heteroatoms. The number of hydrogen-bond acceptors (Lipinski definition) is 4. The second-order valence-electron chi connectivity index (χ2n) is 2.96. The Morgan fingerprint density at radius 2 is 1.94 bits per heavy atom. The lowest BCUT2D eigenvalue weighted by atomic mass is 10.1. The fourth-order valence-electron chi connectivity index (χ4n) is 1.23. The fraction of sp³-hybridized carbons (Fsp3) is 0. The van der Waals surface area contributed by atoms with Gasteiger partial charge in [-0.1, -0.05) is 17.7 Å². The van der Waals surface area contributed by atoms with Gasteiger partial charge in [0.1, 0.15) is 14.5 Å². The first-order chi connectivity index (χ1) is 7.44. The molecule has 0 saturated heterocycles. The van der Waals surface area contributed by atoms with E-state index in [1.54, 1.807) is 29.6 Å². The maximum Gasteiger partial charge on any atom is 0.140 e. The van der Waals surface area contributed by atoms with Crippen LogP contribution in [0.2, 0.25) is 5.02 Å².